The number of aliphatic hydroxyl groups is 1. The number of sulfonamides is 1. The summed E-state index contributed by atoms with van der Waals surface area (Å²) in [6.07, 6.45) is 5.73. The Kier molecular flexibility index (Phi) is 6.88. The van der Waals surface area contributed by atoms with E-state index >= 15 is 0 Å². The van der Waals surface area contributed by atoms with Crippen molar-refractivity contribution in [1.29, 1.82) is 0 Å². The van der Waals surface area contributed by atoms with Crippen LogP contribution in [-0.4, -0.2) is 68.6 Å². The van der Waals surface area contributed by atoms with Crippen LogP contribution in [0.15, 0.2) is 0 Å². The second-order valence-corrected chi connectivity index (χ2v) is 8.03. The molecule has 6 nitrogen and oxygen atoms in total. The number of nitrogens with zero attached hydrogens (tertiary/aromatic N) is 1. The van der Waals surface area contributed by atoms with Crippen LogP contribution in [0.4, 0.5) is 0 Å². The lowest BCUT2D eigenvalue weighted by atomic mass is 10.0. The van der Waals surface area contributed by atoms with Gasteiger partial charge in [-0.3, -0.25) is 0 Å². The number of ether oxygens (including phenoxy) is 1. The van der Waals surface area contributed by atoms with Crippen molar-refractivity contribution in [2.75, 3.05) is 38.6 Å². The van der Waals surface area contributed by atoms with Crippen molar-refractivity contribution in [1.82, 2.24) is 9.62 Å². The number of hydrogen-bond donors (Lipinski definition) is 2. The molecule has 0 aromatic rings. The normalized spacial score (nSPS) is 26.0. The van der Waals surface area contributed by atoms with Crippen LogP contribution in [0.5, 0.6) is 0 Å². The Labute approximate surface area is 127 Å². The molecule has 124 valence electrons. The maximum atomic E-state index is 12.4. The summed E-state index contributed by atoms with van der Waals surface area (Å²) in [5.41, 5.74) is 0. The van der Waals surface area contributed by atoms with Crippen molar-refractivity contribution in [3.8, 4) is 0 Å². The van der Waals surface area contributed by atoms with Crippen molar-refractivity contribution in [3.63, 3.8) is 0 Å². The van der Waals surface area contributed by atoms with Crippen molar-refractivity contribution < 1.29 is 18.3 Å². The molecular weight excluding hydrogens is 292 g/mol. The van der Waals surface area contributed by atoms with Crippen LogP contribution < -0.4 is 5.32 Å². The Morgan fingerprint density at radius 1 is 1.19 bits per heavy atom. The molecule has 1 unspecified atom stereocenters. The van der Waals surface area contributed by atoms with Gasteiger partial charge in [-0.25, -0.2) is 12.7 Å². The number of rotatable bonds is 7. The fraction of sp³-hybridized carbons (Fsp3) is 1.00. The molecule has 7 heteroatoms. The van der Waals surface area contributed by atoms with E-state index in [1.54, 1.807) is 4.31 Å². The Bertz CT molecular complexity index is 388. The summed E-state index contributed by atoms with van der Waals surface area (Å²) in [4.78, 5) is 0. The van der Waals surface area contributed by atoms with Crippen molar-refractivity contribution in [2.24, 2.45) is 0 Å². The monoisotopic (exact) mass is 320 g/mol. The highest BCUT2D eigenvalue weighted by Gasteiger charge is 2.28. The van der Waals surface area contributed by atoms with E-state index < -0.39 is 10.0 Å². The zero-order valence-electron chi connectivity index (χ0n) is 12.7. The van der Waals surface area contributed by atoms with E-state index in [0.29, 0.717) is 32.2 Å². The second kappa shape index (κ2) is 8.43. The highest BCUT2D eigenvalue weighted by Crippen LogP contribution is 2.19. The summed E-state index contributed by atoms with van der Waals surface area (Å²) in [5.74, 6) is 0.243. The number of hydrogen-bond acceptors (Lipinski definition) is 5. The number of aliphatic hydroxyl groups excluding tert-OH is 1. The number of nitrogens with one attached hydrogen (secondary N) is 1. The Morgan fingerprint density at radius 2 is 1.95 bits per heavy atom. The maximum absolute atomic E-state index is 12.4. The summed E-state index contributed by atoms with van der Waals surface area (Å²) in [5, 5.41) is 12.1. The smallest absolute Gasteiger partial charge is 0.214 e. The molecule has 21 heavy (non-hydrogen) atoms. The molecule has 2 saturated heterocycles. The first-order chi connectivity index (χ1) is 10.1. The summed E-state index contributed by atoms with van der Waals surface area (Å²) < 4.78 is 31.8. The highest BCUT2D eigenvalue weighted by molar-refractivity contribution is 7.89. The molecule has 0 aliphatic carbocycles. The van der Waals surface area contributed by atoms with Gasteiger partial charge in [-0.2, -0.15) is 0 Å². The van der Waals surface area contributed by atoms with Gasteiger partial charge in [-0.05, 0) is 38.6 Å². The lowest BCUT2D eigenvalue weighted by Gasteiger charge is -2.31. The van der Waals surface area contributed by atoms with Gasteiger partial charge in [0.15, 0.2) is 0 Å². The van der Waals surface area contributed by atoms with Gasteiger partial charge >= 0.3 is 0 Å². The minimum atomic E-state index is -3.14. The molecule has 0 aromatic carbocycles. The molecule has 0 bridgehead atoms. The first-order valence-electron chi connectivity index (χ1n) is 8.05. The van der Waals surface area contributed by atoms with Crippen LogP contribution in [0.3, 0.4) is 0 Å². The minimum absolute atomic E-state index is 0.0207. The van der Waals surface area contributed by atoms with Crippen LogP contribution in [0.2, 0.25) is 0 Å². The summed E-state index contributed by atoms with van der Waals surface area (Å²) in [7, 11) is -3.14. The van der Waals surface area contributed by atoms with Gasteiger partial charge in [0.1, 0.15) is 0 Å². The third-order valence-corrected chi connectivity index (χ3v) is 6.28. The predicted molar refractivity (Wildman–Crippen MR) is 81.7 cm³/mol. The molecule has 2 rings (SSSR count). The van der Waals surface area contributed by atoms with Gasteiger partial charge in [0.25, 0.3) is 0 Å². The van der Waals surface area contributed by atoms with Crippen molar-refractivity contribution in [2.45, 2.75) is 50.7 Å². The molecule has 2 heterocycles. The SMILES string of the molecule is O=S(=O)(CCC1CCCCN1)N1CCC(OCCO)CC1. The zero-order chi connectivity index (χ0) is 15.1. The molecule has 2 aliphatic rings. The van der Waals surface area contributed by atoms with Gasteiger partial charge in [-0.15, -0.1) is 0 Å². The van der Waals surface area contributed by atoms with Gasteiger partial charge < -0.3 is 15.2 Å². The molecule has 0 saturated carbocycles. The summed E-state index contributed by atoms with van der Waals surface area (Å²) >= 11 is 0. The van der Waals surface area contributed by atoms with Gasteiger partial charge in [0.2, 0.25) is 10.0 Å². The molecule has 2 fully saturated rings. The van der Waals surface area contributed by atoms with E-state index in [-0.39, 0.29) is 18.5 Å². The van der Waals surface area contributed by atoms with Crippen molar-refractivity contribution in [3.05, 3.63) is 0 Å². The topological polar surface area (TPSA) is 78.9 Å². The Balaban J connectivity index is 1.72. The maximum Gasteiger partial charge on any atom is 0.214 e. The zero-order valence-corrected chi connectivity index (χ0v) is 13.5. The van der Waals surface area contributed by atoms with Crippen LogP contribution in [-0.2, 0) is 14.8 Å². The van der Waals surface area contributed by atoms with E-state index in [4.69, 9.17) is 9.84 Å². The average molecular weight is 320 g/mol. The molecular formula is C14H28N2O4S. The fourth-order valence-corrected chi connectivity index (χ4v) is 4.69. The third kappa shape index (κ3) is 5.49. The summed E-state index contributed by atoms with van der Waals surface area (Å²) in [6, 6.07) is 0.360. The second-order valence-electron chi connectivity index (χ2n) is 5.94. The van der Waals surface area contributed by atoms with Crippen LogP contribution >= 0.6 is 0 Å². The quantitative estimate of drug-likeness (QED) is 0.706. The molecule has 2 aliphatic heterocycles. The van der Waals surface area contributed by atoms with Gasteiger partial charge in [0, 0.05) is 19.1 Å². The highest BCUT2D eigenvalue weighted by atomic mass is 32.2. The van der Waals surface area contributed by atoms with Crippen LogP contribution in [0.25, 0.3) is 0 Å². The molecule has 0 spiro atoms. The average Bonchev–Trinajstić information content (AvgIpc) is 2.52. The third-order valence-electron chi connectivity index (χ3n) is 4.38. The molecule has 0 radical (unpaired) electrons. The van der Waals surface area contributed by atoms with Gasteiger partial charge in [0.05, 0.1) is 25.1 Å². The van der Waals surface area contributed by atoms with Crippen LogP contribution in [0, 0.1) is 0 Å². The van der Waals surface area contributed by atoms with E-state index in [9.17, 15) is 8.42 Å². The lowest BCUT2D eigenvalue weighted by Crippen LogP contribution is -2.43. The summed E-state index contributed by atoms with van der Waals surface area (Å²) in [6.45, 7) is 2.45. The first-order valence-corrected chi connectivity index (χ1v) is 9.66. The largest absolute Gasteiger partial charge is 0.394 e. The molecule has 0 amide bonds. The van der Waals surface area contributed by atoms with E-state index in [0.717, 1.165) is 25.8 Å². The molecule has 0 aromatic heterocycles. The van der Waals surface area contributed by atoms with Gasteiger partial charge in [-0.1, -0.05) is 6.42 Å². The van der Waals surface area contributed by atoms with E-state index in [2.05, 4.69) is 5.32 Å². The van der Waals surface area contributed by atoms with Crippen LogP contribution in [0.1, 0.15) is 38.5 Å². The molecule has 2 N–H and O–H groups in total. The Morgan fingerprint density at radius 3 is 2.57 bits per heavy atom. The Hall–Kier alpha value is -0.210. The molecule has 1 atom stereocenters. The van der Waals surface area contributed by atoms with Crippen molar-refractivity contribution >= 4 is 10.0 Å². The first kappa shape index (κ1) is 17.1. The number of piperidine rings is 2. The van der Waals surface area contributed by atoms with E-state index in [1.165, 1.54) is 12.8 Å². The minimum Gasteiger partial charge on any atom is -0.394 e. The lowest BCUT2D eigenvalue weighted by molar-refractivity contribution is 0.00318. The predicted octanol–water partition coefficient (Wildman–Crippen LogP) is 0.322. The van der Waals surface area contributed by atoms with E-state index in [1.807, 2.05) is 0 Å². The standard InChI is InChI=1S/C14H28N2O4S/c17-10-11-20-14-4-8-16(9-5-14)21(18,19)12-6-13-3-1-2-7-15-13/h13-15,17H,1-12H2. The fourth-order valence-electron chi connectivity index (χ4n) is 3.09.